The molecule has 4 heterocycles. The number of carbonyl (C=O) groups excluding carboxylic acids is 4. The van der Waals surface area contributed by atoms with Gasteiger partial charge in [0.15, 0.2) is 11.6 Å². The molecule has 10 heteroatoms. The molecule has 6 atom stereocenters. The zero-order valence-corrected chi connectivity index (χ0v) is 30.4. The Kier molecular flexibility index (Phi) is 9.22. The minimum atomic E-state index is -0.816. The molecule has 1 saturated carbocycles. The molecule has 0 aromatic heterocycles. The minimum Gasteiger partial charge on any atom is -0.505 e. The van der Waals surface area contributed by atoms with Crippen molar-refractivity contribution in [1.29, 1.82) is 0 Å². The predicted molar refractivity (Wildman–Crippen MR) is 199 cm³/mol. The van der Waals surface area contributed by atoms with E-state index in [9.17, 15) is 24.3 Å². The molecule has 1 N–H and O–H groups in total. The maximum absolute atomic E-state index is 15.0. The highest BCUT2D eigenvalue weighted by atomic mass is 19.1. The maximum Gasteiger partial charge on any atom is 0.234 e. The van der Waals surface area contributed by atoms with Crippen LogP contribution in [-0.4, -0.2) is 86.6 Å². The van der Waals surface area contributed by atoms with Crippen LogP contribution in [0.2, 0.25) is 0 Å². The molecule has 9 rings (SSSR count). The van der Waals surface area contributed by atoms with E-state index in [0.717, 1.165) is 44.8 Å². The largest absolute Gasteiger partial charge is 0.505 e. The summed E-state index contributed by atoms with van der Waals surface area (Å²) >= 11 is 0. The highest BCUT2D eigenvalue weighted by Gasteiger charge is 2.63. The molecule has 6 unspecified atom stereocenters. The van der Waals surface area contributed by atoms with Crippen LogP contribution in [0, 0.1) is 35.4 Å². The normalized spacial score (nSPS) is 29.7. The first-order valence-electron chi connectivity index (χ1n) is 19.7. The van der Waals surface area contributed by atoms with Crippen molar-refractivity contribution in [3.05, 3.63) is 113 Å². The van der Waals surface area contributed by atoms with E-state index in [1.54, 1.807) is 6.07 Å². The number of rotatable bonds is 7. The Labute approximate surface area is 315 Å². The van der Waals surface area contributed by atoms with Crippen molar-refractivity contribution in [2.45, 2.75) is 69.6 Å². The topological polar surface area (TPSA) is 101 Å². The molecular weight excluding hydrogens is 684 g/mol. The van der Waals surface area contributed by atoms with E-state index in [4.69, 9.17) is 0 Å². The van der Waals surface area contributed by atoms with Crippen LogP contribution in [-0.2, 0) is 32.3 Å². The molecular formula is C44H47FN4O5. The van der Waals surface area contributed by atoms with E-state index in [1.807, 2.05) is 42.5 Å². The van der Waals surface area contributed by atoms with Crippen LogP contribution in [0.25, 0.3) is 0 Å². The Morgan fingerprint density at radius 1 is 0.593 bits per heavy atom. The van der Waals surface area contributed by atoms with Crippen molar-refractivity contribution in [2.75, 3.05) is 26.2 Å². The standard InChI is InChI=1S/C44H47FN4O5/c45-36-13-7-12-32(40(36)50)37-31-14-15-33-38(43(53)48(41(33)51)29-16-20-46(21-17-29)25-27-8-3-1-4-9-27)34(31)24-35-39(37)44(54)49(42(35)52)30-18-22-47(23-19-30)26-28-10-5-2-6-11-28/h1-14,29-30,33-35,37-39,50H,15-26H2. The van der Waals surface area contributed by atoms with Crippen molar-refractivity contribution < 1.29 is 28.7 Å². The molecule has 54 heavy (non-hydrogen) atoms. The first kappa shape index (κ1) is 35.1. The van der Waals surface area contributed by atoms with Crippen LogP contribution in [0.4, 0.5) is 4.39 Å². The summed E-state index contributed by atoms with van der Waals surface area (Å²) in [5, 5.41) is 11.1. The molecule has 4 saturated heterocycles. The quantitative estimate of drug-likeness (QED) is 0.253. The van der Waals surface area contributed by atoms with E-state index in [0.29, 0.717) is 32.1 Å². The SMILES string of the molecule is O=C1C2CC=C3C(CC4C(=O)N(C5CCN(Cc6ccccc6)CC5)C(=O)C4C3c3cccc(F)c3O)C2C(=O)N1C1CCN(Cc2ccccc2)CC1. The van der Waals surface area contributed by atoms with Crippen molar-refractivity contribution in [3.63, 3.8) is 0 Å². The summed E-state index contributed by atoms with van der Waals surface area (Å²) in [7, 11) is 0. The average Bonchev–Trinajstić information content (AvgIpc) is 3.60. The number of phenolic OH excluding ortho intramolecular Hbond substituents is 1. The fourth-order valence-corrected chi connectivity index (χ4v) is 10.8. The maximum atomic E-state index is 15.0. The van der Waals surface area contributed by atoms with Gasteiger partial charge in [0.2, 0.25) is 23.6 Å². The zero-order chi connectivity index (χ0) is 37.1. The number of allylic oxidation sites excluding steroid dienone is 2. The second-order valence-electron chi connectivity index (χ2n) is 16.3. The third-order valence-corrected chi connectivity index (χ3v) is 13.4. The van der Waals surface area contributed by atoms with Gasteiger partial charge in [-0.1, -0.05) is 84.4 Å². The smallest absolute Gasteiger partial charge is 0.234 e. The van der Waals surface area contributed by atoms with Crippen LogP contribution in [0.1, 0.15) is 61.1 Å². The number of aromatic hydroxyl groups is 1. The lowest BCUT2D eigenvalue weighted by Gasteiger charge is -2.44. The number of fused-ring (bicyclic) bond motifs is 4. The van der Waals surface area contributed by atoms with Gasteiger partial charge in [-0.05, 0) is 61.6 Å². The second-order valence-corrected chi connectivity index (χ2v) is 16.3. The fourth-order valence-electron chi connectivity index (χ4n) is 10.8. The van der Waals surface area contributed by atoms with Crippen LogP contribution in [0.15, 0.2) is 90.5 Å². The monoisotopic (exact) mass is 730 g/mol. The molecule has 4 aliphatic heterocycles. The number of para-hydroxylation sites is 1. The number of amides is 4. The molecule has 6 aliphatic rings. The highest BCUT2D eigenvalue weighted by molar-refractivity contribution is 6.08. The number of imide groups is 2. The number of halogens is 1. The number of phenols is 1. The Hall–Kier alpha value is -4.67. The molecule has 2 aliphatic carbocycles. The molecule has 3 aromatic carbocycles. The average molecular weight is 731 g/mol. The summed E-state index contributed by atoms with van der Waals surface area (Å²) in [6.07, 6.45) is 5.29. The first-order chi connectivity index (χ1) is 26.3. The molecule has 0 bridgehead atoms. The van der Waals surface area contributed by atoms with Crippen LogP contribution >= 0.6 is 0 Å². The van der Waals surface area contributed by atoms with Crippen molar-refractivity contribution in [1.82, 2.24) is 19.6 Å². The van der Waals surface area contributed by atoms with Gasteiger partial charge in [-0.3, -0.25) is 38.8 Å². The number of hydrogen-bond acceptors (Lipinski definition) is 7. The van der Waals surface area contributed by atoms with Crippen LogP contribution in [0.3, 0.4) is 0 Å². The van der Waals surface area contributed by atoms with E-state index >= 15 is 4.39 Å². The molecule has 280 valence electrons. The second kappa shape index (κ2) is 14.2. The van der Waals surface area contributed by atoms with Crippen molar-refractivity contribution in [3.8, 4) is 5.75 Å². The van der Waals surface area contributed by atoms with Gasteiger partial charge in [0, 0.05) is 62.8 Å². The number of piperidine rings is 2. The Bertz CT molecular complexity index is 1970. The van der Waals surface area contributed by atoms with E-state index < -0.39 is 47.1 Å². The van der Waals surface area contributed by atoms with Gasteiger partial charge >= 0.3 is 0 Å². The summed E-state index contributed by atoms with van der Waals surface area (Å²) in [4.78, 5) is 65.5. The zero-order valence-electron chi connectivity index (χ0n) is 30.4. The lowest BCUT2D eigenvalue weighted by atomic mass is 9.57. The van der Waals surface area contributed by atoms with Gasteiger partial charge in [0.1, 0.15) is 0 Å². The summed E-state index contributed by atoms with van der Waals surface area (Å²) in [6, 6.07) is 24.4. The number of hydrogen-bond donors (Lipinski definition) is 1. The lowest BCUT2D eigenvalue weighted by molar-refractivity contribution is -0.146. The third kappa shape index (κ3) is 5.98. The van der Waals surface area contributed by atoms with Crippen molar-refractivity contribution in [2.24, 2.45) is 29.6 Å². The number of carbonyl (C=O) groups is 4. The molecule has 3 aromatic rings. The van der Waals surface area contributed by atoms with Gasteiger partial charge in [-0.15, -0.1) is 0 Å². The molecule has 4 amide bonds. The van der Waals surface area contributed by atoms with Gasteiger partial charge in [-0.2, -0.15) is 0 Å². The number of likely N-dealkylation sites (tertiary alicyclic amines) is 4. The minimum absolute atomic E-state index is 0.146. The lowest BCUT2D eigenvalue weighted by Crippen LogP contribution is -2.48. The van der Waals surface area contributed by atoms with E-state index in [1.165, 1.54) is 33.1 Å². The summed E-state index contributed by atoms with van der Waals surface area (Å²) in [5.74, 6) is -6.17. The van der Waals surface area contributed by atoms with Gasteiger partial charge in [-0.25, -0.2) is 4.39 Å². The molecule has 0 radical (unpaired) electrons. The van der Waals surface area contributed by atoms with E-state index in [2.05, 4.69) is 34.1 Å². The predicted octanol–water partition coefficient (Wildman–Crippen LogP) is 5.50. The Morgan fingerprint density at radius 3 is 1.67 bits per heavy atom. The number of benzene rings is 3. The fraction of sp³-hybridized carbons (Fsp3) is 0.455. The Morgan fingerprint density at radius 2 is 1.11 bits per heavy atom. The van der Waals surface area contributed by atoms with Crippen molar-refractivity contribution >= 4 is 23.6 Å². The highest BCUT2D eigenvalue weighted by Crippen LogP contribution is 2.59. The van der Waals surface area contributed by atoms with Gasteiger partial charge in [0.05, 0.1) is 23.7 Å². The number of nitrogens with zero attached hydrogens (tertiary/aromatic N) is 4. The van der Waals surface area contributed by atoms with Gasteiger partial charge in [0.25, 0.3) is 0 Å². The van der Waals surface area contributed by atoms with Crippen LogP contribution in [0.5, 0.6) is 5.75 Å². The summed E-state index contributed by atoms with van der Waals surface area (Å²) < 4.78 is 15.0. The molecule has 0 spiro atoms. The molecule has 9 nitrogen and oxygen atoms in total. The summed E-state index contributed by atoms with van der Waals surface area (Å²) in [5.41, 5.74) is 3.49. The third-order valence-electron chi connectivity index (χ3n) is 13.4. The molecule has 5 fully saturated rings. The first-order valence-corrected chi connectivity index (χ1v) is 19.7. The van der Waals surface area contributed by atoms with E-state index in [-0.39, 0.29) is 47.7 Å². The van der Waals surface area contributed by atoms with Crippen LogP contribution < -0.4 is 0 Å². The Balaban J connectivity index is 0.969. The summed E-state index contributed by atoms with van der Waals surface area (Å²) in [6.45, 7) is 4.67. The van der Waals surface area contributed by atoms with Gasteiger partial charge < -0.3 is 5.11 Å².